The number of carbonyl (C=O) groups is 3. The average Bonchev–Trinajstić information content (AvgIpc) is 2.59. The zero-order chi connectivity index (χ0) is 20.0. The first-order chi connectivity index (χ1) is 12.8. The van der Waals surface area contributed by atoms with Gasteiger partial charge < -0.3 is 29.0 Å². The molecule has 2 rings (SSSR count). The SMILES string of the molecule is COc1ccc(N[C@@H]2OC[C@@H](OC(C)=O)[C@H](OC(C)=O)[C@H]2OC(C)=O)cc1. The molecule has 9 heteroatoms. The van der Waals surface area contributed by atoms with E-state index in [1.807, 2.05) is 0 Å². The van der Waals surface area contributed by atoms with Crippen molar-refractivity contribution < 1.29 is 38.1 Å². The Morgan fingerprint density at radius 1 is 0.926 bits per heavy atom. The summed E-state index contributed by atoms with van der Waals surface area (Å²) in [4.78, 5) is 34.5. The topological polar surface area (TPSA) is 109 Å². The summed E-state index contributed by atoms with van der Waals surface area (Å²) in [6.07, 6.45) is -3.76. The lowest BCUT2D eigenvalue weighted by Crippen LogP contribution is -2.59. The Morgan fingerprint density at radius 3 is 2.00 bits per heavy atom. The molecule has 0 amide bonds. The van der Waals surface area contributed by atoms with Crippen LogP contribution >= 0.6 is 0 Å². The number of ether oxygens (including phenoxy) is 5. The molecule has 0 bridgehead atoms. The third-order valence-electron chi connectivity index (χ3n) is 3.75. The lowest BCUT2D eigenvalue weighted by molar-refractivity contribution is -0.221. The molecule has 148 valence electrons. The van der Waals surface area contributed by atoms with Crippen LogP contribution in [-0.4, -0.2) is 56.2 Å². The fraction of sp³-hybridized carbons (Fsp3) is 0.500. The molecule has 1 saturated heterocycles. The van der Waals surface area contributed by atoms with Crippen LogP contribution in [0.5, 0.6) is 5.75 Å². The quantitative estimate of drug-likeness (QED) is 0.575. The van der Waals surface area contributed by atoms with Gasteiger partial charge in [-0.2, -0.15) is 0 Å². The summed E-state index contributed by atoms with van der Waals surface area (Å²) >= 11 is 0. The lowest BCUT2D eigenvalue weighted by atomic mass is 10.0. The molecule has 0 unspecified atom stereocenters. The fourth-order valence-electron chi connectivity index (χ4n) is 2.72. The highest BCUT2D eigenvalue weighted by Gasteiger charge is 2.46. The monoisotopic (exact) mass is 381 g/mol. The molecule has 27 heavy (non-hydrogen) atoms. The standard InChI is InChI=1S/C18H23NO8/c1-10(20)25-15-9-24-18(19-13-5-7-14(23-4)8-6-13)17(27-12(3)22)16(15)26-11(2)21/h5-8,15-19H,9H2,1-4H3/t15-,16+,17-,18-/m1/s1. The maximum Gasteiger partial charge on any atom is 0.303 e. The largest absolute Gasteiger partial charge is 0.497 e. The highest BCUT2D eigenvalue weighted by Crippen LogP contribution is 2.26. The van der Waals surface area contributed by atoms with E-state index in [2.05, 4.69) is 5.32 Å². The fourth-order valence-corrected chi connectivity index (χ4v) is 2.72. The van der Waals surface area contributed by atoms with Crippen LogP contribution in [0.4, 0.5) is 5.69 Å². The second kappa shape index (κ2) is 9.22. The zero-order valence-corrected chi connectivity index (χ0v) is 15.6. The van der Waals surface area contributed by atoms with Crippen molar-refractivity contribution in [3.05, 3.63) is 24.3 Å². The van der Waals surface area contributed by atoms with Crippen molar-refractivity contribution in [2.75, 3.05) is 19.0 Å². The molecule has 0 radical (unpaired) electrons. The van der Waals surface area contributed by atoms with Gasteiger partial charge >= 0.3 is 17.9 Å². The van der Waals surface area contributed by atoms with E-state index in [0.717, 1.165) is 0 Å². The second-order valence-corrected chi connectivity index (χ2v) is 5.92. The first-order valence-corrected chi connectivity index (χ1v) is 8.34. The van der Waals surface area contributed by atoms with E-state index >= 15 is 0 Å². The number of rotatable bonds is 6. The molecule has 1 aromatic carbocycles. The van der Waals surface area contributed by atoms with E-state index in [9.17, 15) is 14.4 Å². The van der Waals surface area contributed by atoms with Crippen LogP contribution in [0.2, 0.25) is 0 Å². The van der Waals surface area contributed by atoms with Crippen LogP contribution in [0, 0.1) is 0 Å². The number of methoxy groups -OCH3 is 1. The highest BCUT2D eigenvalue weighted by molar-refractivity contribution is 5.68. The molecule has 1 fully saturated rings. The first kappa shape index (κ1) is 20.5. The summed E-state index contributed by atoms with van der Waals surface area (Å²) in [6.45, 7) is 3.64. The van der Waals surface area contributed by atoms with Crippen LogP contribution < -0.4 is 10.1 Å². The number of carbonyl (C=O) groups excluding carboxylic acids is 3. The Morgan fingerprint density at radius 2 is 1.48 bits per heavy atom. The number of benzene rings is 1. The van der Waals surface area contributed by atoms with Crippen LogP contribution in [0.15, 0.2) is 24.3 Å². The minimum atomic E-state index is -1.02. The number of anilines is 1. The smallest absolute Gasteiger partial charge is 0.303 e. The summed E-state index contributed by atoms with van der Waals surface area (Å²) in [5, 5.41) is 3.08. The predicted octanol–water partition coefficient (Wildman–Crippen LogP) is 1.26. The Hall–Kier alpha value is -2.81. The molecular weight excluding hydrogens is 358 g/mol. The number of hydrogen-bond donors (Lipinski definition) is 1. The van der Waals surface area contributed by atoms with Crippen molar-refractivity contribution in [2.24, 2.45) is 0 Å². The van der Waals surface area contributed by atoms with E-state index < -0.39 is 42.4 Å². The van der Waals surface area contributed by atoms with Gasteiger partial charge in [-0.3, -0.25) is 14.4 Å². The minimum absolute atomic E-state index is 0.0386. The molecule has 1 aliphatic rings. The summed E-state index contributed by atoms with van der Waals surface area (Å²) in [5.74, 6) is -1.08. The second-order valence-electron chi connectivity index (χ2n) is 5.92. The summed E-state index contributed by atoms with van der Waals surface area (Å²) in [7, 11) is 1.56. The van der Waals surface area contributed by atoms with E-state index in [1.54, 1.807) is 31.4 Å². The molecule has 1 heterocycles. The van der Waals surface area contributed by atoms with E-state index in [1.165, 1.54) is 20.8 Å². The highest BCUT2D eigenvalue weighted by atomic mass is 16.6. The van der Waals surface area contributed by atoms with Gasteiger partial charge in [-0.05, 0) is 24.3 Å². The molecule has 1 N–H and O–H groups in total. The first-order valence-electron chi connectivity index (χ1n) is 8.34. The maximum absolute atomic E-state index is 11.6. The Balaban J connectivity index is 2.24. The predicted molar refractivity (Wildman–Crippen MR) is 93.0 cm³/mol. The maximum atomic E-state index is 11.6. The van der Waals surface area contributed by atoms with E-state index in [4.69, 9.17) is 23.7 Å². The van der Waals surface area contributed by atoms with Crippen molar-refractivity contribution >= 4 is 23.6 Å². The van der Waals surface area contributed by atoms with Crippen molar-refractivity contribution in [3.8, 4) is 5.75 Å². The molecule has 0 aromatic heterocycles. The van der Waals surface area contributed by atoms with Gasteiger partial charge in [0.1, 0.15) is 5.75 Å². The van der Waals surface area contributed by atoms with Gasteiger partial charge in [-0.1, -0.05) is 0 Å². The third-order valence-corrected chi connectivity index (χ3v) is 3.75. The van der Waals surface area contributed by atoms with Gasteiger partial charge in [0, 0.05) is 26.5 Å². The van der Waals surface area contributed by atoms with Gasteiger partial charge in [0.15, 0.2) is 24.5 Å². The summed E-state index contributed by atoms with van der Waals surface area (Å²) in [5.41, 5.74) is 0.672. The molecule has 1 aliphatic heterocycles. The van der Waals surface area contributed by atoms with Gasteiger partial charge in [0.2, 0.25) is 0 Å². The van der Waals surface area contributed by atoms with Crippen LogP contribution in [0.1, 0.15) is 20.8 Å². The number of nitrogens with one attached hydrogen (secondary N) is 1. The van der Waals surface area contributed by atoms with E-state index in [0.29, 0.717) is 11.4 Å². The van der Waals surface area contributed by atoms with Crippen LogP contribution in [-0.2, 0) is 33.3 Å². The summed E-state index contributed by atoms with van der Waals surface area (Å²) < 4.78 is 26.6. The molecule has 0 spiro atoms. The Kier molecular flexibility index (Phi) is 7.00. The van der Waals surface area contributed by atoms with Crippen molar-refractivity contribution in [3.63, 3.8) is 0 Å². The molecular formula is C18H23NO8. The number of hydrogen-bond acceptors (Lipinski definition) is 9. The van der Waals surface area contributed by atoms with Crippen LogP contribution in [0.25, 0.3) is 0 Å². The minimum Gasteiger partial charge on any atom is -0.497 e. The average molecular weight is 381 g/mol. The molecule has 0 aliphatic carbocycles. The van der Waals surface area contributed by atoms with E-state index in [-0.39, 0.29) is 6.61 Å². The Bertz CT molecular complexity index is 674. The number of esters is 3. The molecule has 0 saturated carbocycles. The van der Waals surface area contributed by atoms with Crippen molar-refractivity contribution in [2.45, 2.75) is 45.3 Å². The Labute approximate surface area is 156 Å². The van der Waals surface area contributed by atoms with Gasteiger partial charge in [-0.15, -0.1) is 0 Å². The van der Waals surface area contributed by atoms with Crippen molar-refractivity contribution in [1.82, 2.24) is 0 Å². The molecule has 1 aromatic rings. The third kappa shape index (κ3) is 5.85. The molecule has 9 nitrogen and oxygen atoms in total. The van der Waals surface area contributed by atoms with Gasteiger partial charge in [-0.25, -0.2) is 0 Å². The van der Waals surface area contributed by atoms with Gasteiger partial charge in [0.25, 0.3) is 0 Å². The van der Waals surface area contributed by atoms with Gasteiger partial charge in [0.05, 0.1) is 13.7 Å². The summed E-state index contributed by atoms with van der Waals surface area (Å²) in [6, 6.07) is 7.01. The zero-order valence-electron chi connectivity index (χ0n) is 15.6. The molecule has 4 atom stereocenters. The lowest BCUT2D eigenvalue weighted by Gasteiger charge is -2.40. The van der Waals surface area contributed by atoms with Crippen LogP contribution in [0.3, 0.4) is 0 Å². The normalized spacial score (nSPS) is 24.4. The van der Waals surface area contributed by atoms with Crippen molar-refractivity contribution in [1.29, 1.82) is 0 Å².